The molecule has 0 aliphatic carbocycles. The molecule has 1 N–H and O–H groups in total. The van der Waals surface area contributed by atoms with E-state index in [1.165, 1.54) is 23.8 Å². The van der Waals surface area contributed by atoms with Crippen molar-refractivity contribution in [3.05, 3.63) is 34.9 Å². The van der Waals surface area contributed by atoms with E-state index in [2.05, 4.69) is 42.3 Å². The number of carbonyl (C=O) groups is 1. The highest BCUT2D eigenvalue weighted by molar-refractivity contribution is 5.77. The second kappa shape index (κ2) is 7.85. The molecule has 2 aliphatic rings. The Hall–Kier alpha value is -1.43. The highest BCUT2D eigenvalue weighted by atomic mass is 16.5. The largest absolute Gasteiger partial charge is 0.375 e. The normalized spacial score (nSPS) is 22.1. The number of hydrogen-bond acceptors (Lipinski definition) is 4. The van der Waals surface area contributed by atoms with Crippen molar-refractivity contribution in [3.63, 3.8) is 0 Å². The predicted molar refractivity (Wildman–Crippen MR) is 97.5 cm³/mol. The summed E-state index contributed by atoms with van der Waals surface area (Å²) in [6.45, 7) is 9.00. The summed E-state index contributed by atoms with van der Waals surface area (Å²) in [6, 6.07) is 6.67. The van der Waals surface area contributed by atoms with Gasteiger partial charge in [-0.1, -0.05) is 23.8 Å². The summed E-state index contributed by atoms with van der Waals surface area (Å²) >= 11 is 0. The number of likely N-dealkylation sites (tertiary alicyclic amines) is 1. The summed E-state index contributed by atoms with van der Waals surface area (Å²) in [5, 5.41) is 2.93. The van der Waals surface area contributed by atoms with Crippen molar-refractivity contribution in [2.24, 2.45) is 5.92 Å². The van der Waals surface area contributed by atoms with E-state index in [-0.39, 0.29) is 18.1 Å². The Morgan fingerprint density at radius 3 is 2.96 bits per heavy atom. The fourth-order valence-electron chi connectivity index (χ4n) is 4.14. The summed E-state index contributed by atoms with van der Waals surface area (Å²) in [4.78, 5) is 14.0. The molecular weight excluding hydrogens is 316 g/mol. The lowest BCUT2D eigenvalue weighted by Crippen LogP contribution is -2.64. The minimum atomic E-state index is -0.0411. The third-order valence-electron chi connectivity index (χ3n) is 5.57. The zero-order valence-electron chi connectivity index (χ0n) is 15.6. The quantitative estimate of drug-likeness (QED) is 0.821. The lowest BCUT2D eigenvalue weighted by molar-refractivity contribution is -0.137. The molecule has 1 aromatic carbocycles. The summed E-state index contributed by atoms with van der Waals surface area (Å²) in [6.07, 6.45) is 2.07. The zero-order valence-corrected chi connectivity index (χ0v) is 15.6. The van der Waals surface area contributed by atoms with Crippen LogP contribution in [0.25, 0.3) is 0 Å². The van der Waals surface area contributed by atoms with E-state index in [4.69, 9.17) is 9.47 Å². The molecular formula is C20H30N2O3. The minimum Gasteiger partial charge on any atom is -0.375 e. The van der Waals surface area contributed by atoms with Crippen LogP contribution in [0.15, 0.2) is 18.2 Å². The molecule has 5 nitrogen and oxygen atoms in total. The number of nitrogens with zero attached hydrogens (tertiary/aromatic N) is 1. The van der Waals surface area contributed by atoms with E-state index >= 15 is 0 Å². The maximum atomic E-state index is 11.5. The number of ether oxygens (including phenoxy) is 2. The lowest BCUT2D eigenvalue weighted by Gasteiger charge is -2.50. The monoisotopic (exact) mass is 346 g/mol. The number of nitrogens with one attached hydrogen (secondary N) is 1. The molecule has 3 rings (SSSR count). The smallest absolute Gasteiger partial charge is 0.245 e. The van der Waals surface area contributed by atoms with Gasteiger partial charge in [0.15, 0.2) is 0 Å². The van der Waals surface area contributed by atoms with Gasteiger partial charge >= 0.3 is 0 Å². The van der Waals surface area contributed by atoms with Crippen LogP contribution in [-0.2, 0) is 20.8 Å². The topological polar surface area (TPSA) is 50.8 Å². The van der Waals surface area contributed by atoms with E-state index in [1.807, 2.05) is 0 Å². The molecule has 0 aromatic heterocycles. The molecule has 138 valence electrons. The number of methoxy groups -OCH3 is 1. The molecule has 2 fully saturated rings. The van der Waals surface area contributed by atoms with E-state index in [0.29, 0.717) is 12.5 Å². The summed E-state index contributed by atoms with van der Waals surface area (Å²) in [7, 11) is 1.54. The van der Waals surface area contributed by atoms with Crippen molar-refractivity contribution in [2.45, 2.75) is 38.8 Å². The standard InChI is InChI=1S/C20H30N2O3/c1-15-4-5-16(2)17(10-15)11-22-13-20(14-22)18(7-9-25-20)6-8-21-19(23)12-24-3/h4-5,10,18H,6-9,11-14H2,1-3H3,(H,21,23). The van der Waals surface area contributed by atoms with E-state index < -0.39 is 0 Å². The highest BCUT2D eigenvalue weighted by Crippen LogP contribution is 2.42. The van der Waals surface area contributed by atoms with Gasteiger partial charge in [0.1, 0.15) is 6.61 Å². The average molecular weight is 346 g/mol. The Morgan fingerprint density at radius 2 is 2.20 bits per heavy atom. The minimum absolute atomic E-state index is 0.00368. The summed E-state index contributed by atoms with van der Waals surface area (Å²) < 4.78 is 11.0. The van der Waals surface area contributed by atoms with E-state index in [0.717, 1.165) is 39.1 Å². The SMILES string of the molecule is COCC(=O)NCCC1CCOC12CN(Cc1cc(C)ccc1C)C2. The summed E-state index contributed by atoms with van der Waals surface area (Å²) in [5.74, 6) is 0.492. The van der Waals surface area contributed by atoms with Crippen LogP contribution in [0.5, 0.6) is 0 Å². The molecule has 2 saturated heterocycles. The Balaban J connectivity index is 1.49. The molecule has 5 heteroatoms. The van der Waals surface area contributed by atoms with Crippen molar-refractivity contribution >= 4 is 5.91 Å². The van der Waals surface area contributed by atoms with Crippen molar-refractivity contribution in [1.82, 2.24) is 10.2 Å². The van der Waals surface area contributed by atoms with Crippen LogP contribution >= 0.6 is 0 Å². The maximum Gasteiger partial charge on any atom is 0.245 e. The maximum absolute atomic E-state index is 11.5. The van der Waals surface area contributed by atoms with Crippen LogP contribution in [0.1, 0.15) is 29.5 Å². The molecule has 1 spiro atoms. The third kappa shape index (κ3) is 4.22. The first-order valence-electron chi connectivity index (χ1n) is 9.20. The van der Waals surface area contributed by atoms with Crippen LogP contribution in [0.2, 0.25) is 0 Å². The predicted octanol–water partition coefficient (Wildman–Crippen LogP) is 2.05. The van der Waals surface area contributed by atoms with Crippen LogP contribution in [0.3, 0.4) is 0 Å². The molecule has 25 heavy (non-hydrogen) atoms. The first-order valence-corrected chi connectivity index (χ1v) is 9.20. The summed E-state index contributed by atoms with van der Waals surface area (Å²) in [5.41, 5.74) is 4.09. The molecule has 0 bridgehead atoms. The molecule has 0 radical (unpaired) electrons. The van der Waals surface area contributed by atoms with Crippen LogP contribution < -0.4 is 5.32 Å². The Labute approximate surface area is 150 Å². The van der Waals surface area contributed by atoms with E-state index in [1.54, 1.807) is 0 Å². The lowest BCUT2D eigenvalue weighted by atomic mass is 9.78. The Bertz CT molecular complexity index is 611. The van der Waals surface area contributed by atoms with Gasteiger partial charge in [0.2, 0.25) is 5.91 Å². The first kappa shape index (κ1) is 18.4. The number of aryl methyl sites for hydroxylation is 2. The Morgan fingerprint density at radius 1 is 1.40 bits per heavy atom. The first-order chi connectivity index (χ1) is 12.0. The van der Waals surface area contributed by atoms with Gasteiger partial charge in [-0.25, -0.2) is 0 Å². The molecule has 0 saturated carbocycles. The number of benzene rings is 1. The molecule has 1 atom stereocenters. The Kier molecular flexibility index (Phi) is 5.77. The van der Waals surface area contributed by atoms with Crippen LogP contribution in [0.4, 0.5) is 0 Å². The zero-order chi connectivity index (χ0) is 17.9. The van der Waals surface area contributed by atoms with Crippen LogP contribution in [-0.4, -0.2) is 56.4 Å². The van der Waals surface area contributed by atoms with Crippen molar-refractivity contribution < 1.29 is 14.3 Å². The van der Waals surface area contributed by atoms with Crippen molar-refractivity contribution in [2.75, 3.05) is 40.0 Å². The van der Waals surface area contributed by atoms with E-state index in [9.17, 15) is 4.79 Å². The van der Waals surface area contributed by atoms with Crippen molar-refractivity contribution in [3.8, 4) is 0 Å². The third-order valence-corrected chi connectivity index (χ3v) is 5.57. The fourth-order valence-corrected chi connectivity index (χ4v) is 4.14. The number of amides is 1. The van der Waals surface area contributed by atoms with Gasteiger partial charge in [-0.15, -0.1) is 0 Å². The average Bonchev–Trinajstić information content (AvgIpc) is 2.95. The van der Waals surface area contributed by atoms with Gasteiger partial charge in [0.25, 0.3) is 0 Å². The van der Waals surface area contributed by atoms with Gasteiger partial charge in [0.05, 0.1) is 5.60 Å². The van der Waals surface area contributed by atoms with Gasteiger partial charge in [0, 0.05) is 39.9 Å². The number of rotatable bonds is 7. The molecule has 2 heterocycles. The number of hydrogen-bond donors (Lipinski definition) is 1. The molecule has 2 aliphatic heterocycles. The van der Waals surface area contributed by atoms with Crippen molar-refractivity contribution in [1.29, 1.82) is 0 Å². The van der Waals surface area contributed by atoms with Gasteiger partial charge in [-0.2, -0.15) is 0 Å². The molecule has 1 unspecified atom stereocenters. The second-order valence-electron chi connectivity index (χ2n) is 7.55. The number of carbonyl (C=O) groups excluding carboxylic acids is 1. The fraction of sp³-hybridized carbons (Fsp3) is 0.650. The second-order valence-corrected chi connectivity index (χ2v) is 7.55. The molecule has 1 aromatic rings. The van der Waals surface area contributed by atoms with Gasteiger partial charge in [-0.3, -0.25) is 9.69 Å². The molecule has 1 amide bonds. The van der Waals surface area contributed by atoms with Gasteiger partial charge < -0.3 is 14.8 Å². The van der Waals surface area contributed by atoms with Crippen LogP contribution in [0, 0.1) is 19.8 Å². The highest BCUT2D eigenvalue weighted by Gasteiger charge is 2.52. The van der Waals surface area contributed by atoms with Gasteiger partial charge in [-0.05, 0) is 43.7 Å².